The summed E-state index contributed by atoms with van der Waals surface area (Å²) in [5.74, 6) is 0.552. The number of aromatic nitrogens is 2. The molecule has 2 rings (SSSR count). The number of thioether (sulfide) groups is 1. The third-order valence-corrected chi connectivity index (χ3v) is 4.58. The lowest BCUT2D eigenvalue weighted by Gasteiger charge is -2.16. The molecule has 1 amide bonds. The fraction of sp³-hybridized carbons (Fsp3) is 0.471. The number of halogens is 1. The van der Waals surface area contributed by atoms with Crippen LogP contribution >= 0.6 is 23.4 Å². The zero-order valence-corrected chi connectivity index (χ0v) is 15.9. The van der Waals surface area contributed by atoms with Gasteiger partial charge >= 0.3 is 0 Å². The van der Waals surface area contributed by atoms with Gasteiger partial charge in [0.2, 0.25) is 5.91 Å². The highest BCUT2D eigenvalue weighted by Crippen LogP contribution is 2.22. The summed E-state index contributed by atoms with van der Waals surface area (Å²) in [6.45, 7) is 8.57. The molecule has 0 saturated carbocycles. The van der Waals surface area contributed by atoms with Gasteiger partial charge in [0, 0.05) is 17.6 Å². The molecule has 130 valence electrons. The molecule has 0 unspecified atom stereocenters. The number of fused-ring (bicyclic) bond motifs is 1. The van der Waals surface area contributed by atoms with Crippen LogP contribution in [0.3, 0.4) is 0 Å². The summed E-state index contributed by atoms with van der Waals surface area (Å²) < 4.78 is 1.62. The van der Waals surface area contributed by atoms with Crippen molar-refractivity contribution in [1.82, 2.24) is 14.9 Å². The fourth-order valence-electron chi connectivity index (χ4n) is 2.21. The van der Waals surface area contributed by atoms with Gasteiger partial charge in [-0.3, -0.25) is 14.2 Å². The third kappa shape index (κ3) is 4.51. The van der Waals surface area contributed by atoms with E-state index in [1.54, 1.807) is 22.8 Å². The van der Waals surface area contributed by atoms with Crippen LogP contribution in [-0.4, -0.2) is 27.8 Å². The SMILES string of the molecule is CC(C)CNC(=O)CSc1nc2cc(Cl)ccc2c(=O)n1C(C)C. The number of hydrogen-bond donors (Lipinski definition) is 1. The van der Waals surface area contributed by atoms with Crippen molar-refractivity contribution in [3.8, 4) is 0 Å². The smallest absolute Gasteiger partial charge is 0.262 e. The highest BCUT2D eigenvalue weighted by Gasteiger charge is 2.15. The molecule has 2 aromatic rings. The summed E-state index contributed by atoms with van der Waals surface area (Å²) >= 11 is 7.27. The van der Waals surface area contributed by atoms with Gasteiger partial charge < -0.3 is 5.32 Å². The summed E-state index contributed by atoms with van der Waals surface area (Å²) in [7, 11) is 0. The summed E-state index contributed by atoms with van der Waals surface area (Å²) in [6, 6.07) is 5.00. The molecular formula is C17H22ClN3O2S. The highest BCUT2D eigenvalue weighted by molar-refractivity contribution is 7.99. The van der Waals surface area contributed by atoms with Gasteiger partial charge in [-0.15, -0.1) is 0 Å². The van der Waals surface area contributed by atoms with E-state index in [1.165, 1.54) is 11.8 Å². The van der Waals surface area contributed by atoms with Crippen LogP contribution < -0.4 is 10.9 Å². The molecule has 0 radical (unpaired) electrons. The van der Waals surface area contributed by atoms with Crippen LogP contribution in [0.2, 0.25) is 5.02 Å². The van der Waals surface area contributed by atoms with E-state index in [9.17, 15) is 9.59 Å². The second kappa shape index (κ2) is 8.03. The Balaban J connectivity index is 2.32. The first-order valence-corrected chi connectivity index (χ1v) is 9.27. The Bertz CT molecular complexity index is 802. The van der Waals surface area contributed by atoms with E-state index >= 15 is 0 Å². The standard InChI is InChI=1S/C17H22ClN3O2S/c1-10(2)8-19-15(22)9-24-17-20-14-7-12(18)5-6-13(14)16(23)21(17)11(3)4/h5-7,10-11H,8-9H2,1-4H3,(H,19,22). The fourth-order valence-corrected chi connectivity index (χ4v) is 3.33. The molecule has 7 heteroatoms. The van der Waals surface area contributed by atoms with E-state index in [1.807, 2.05) is 27.7 Å². The molecule has 0 aliphatic heterocycles. The van der Waals surface area contributed by atoms with Crippen LogP contribution in [-0.2, 0) is 4.79 Å². The first-order chi connectivity index (χ1) is 11.3. The monoisotopic (exact) mass is 367 g/mol. The summed E-state index contributed by atoms with van der Waals surface area (Å²) in [6.07, 6.45) is 0. The quantitative estimate of drug-likeness (QED) is 0.627. The van der Waals surface area contributed by atoms with Crippen molar-refractivity contribution in [2.45, 2.75) is 38.9 Å². The molecule has 0 atom stereocenters. The van der Waals surface area contributed by atoms with Crippen LogP contribution in [0.25, 0.3) is 10.9 Å². The zero-order chi connectivity index (χ0) is 17.9. The van der Waals surface area contributed by atoms with Crippen molar-refractivity contribution in [2.75, 3.05) is 12.3 Å². The molecule has 0 aliphatic rings. The van der Waals surface area contributed by atoms with Crippen molar-refractivity contribution in [3.05, 3.63) is 33.6 Å². The van der Waals surface area contributed by atoms with Crippen molar-refractivity contribution in [1.29, 1.82) is 0 Å². The molecular weight excluding hydrogens is 346 g/mol. The number of carbonyl (C=O) groups is 1. The Labute approximate surface area is 150 Å². The molecule has 0 aliphatic carbocycles. The summed E-state index contributed by atoms with van der Waals surface area (Å²) in [4.78, 5) is 29.2. The molecule has 1 aromatic heterocycles. The van der Waals surface area contributed by atoms with Crippen molar-refractivity contribution in [2.24, 2.45) is 5.92 Å². The summed E-state index contributed by atoms with van der Waals surface area (Å²) in [5.41, 5.74) is 0.436. The number of carbonyl (C=O) groups excluding carboxylic acids is 1. The molecule has 0 fully saturated rings. The number of nitrogens with one attached hydrogen (secondary N) is 1. The predicted molar refractivity (Wildman–Crippen MR) is 100.0 cm³/mol. The highest BCUT2D eigenvalue weighted by atomic mass is 35.5. The number of rotatable bonds is 6. The van der Waals surface area contributed by atoms with Gasteiger partial charge in [-0.2, -0.15) is 0 Å². The largest absolute Gasteiger partial charge is 0.355 e. The van der Waals surface area contributed by atoms with Gasteiger partial charge in [0.1, 0.15) is 0 Å². The lowest BCUT2D eigenvalue weighted by Crippen LogP contribution is -2.30. The maximum atomic E-state index is 12.7. The van der Waals surface area contributed by atoms with Crippen molar-refractivity contribution < 1.29 is 4.79 Å². The van der Waals surface area contributed by atoms with E-state index < -0.39 is 0 Å². The lowest BCUT2D eigenvalue weighted by atomic mass is 10.2. The van der Waals surface area contributed by atoms with E-state index in [0.717, 1.165) is 0 Å². The first kappa shape index (κ1) is 18.8. The van der Waals surface area contributed by atoms with Gasteiger partial charge in [0.15, 0.2) is 5.16 Å². The molecule has 5 nitrogen and oxygen atoms in total. The van der Waals surface area contributed by atoms with E-state index in [2.05, 4.69) is 10.3 Å². The third-order valence-electron chi connectivity index (χ3n) is 3.39. The van der Waals surface area contributed by atoms with Gasteiger partial charge in [-0.1, -0.05) is 37.2 Å². The summed E-state index contributed by atoms with van der Waals surface area (Å²) in [5, 5.41) is 4.46. The predicted octanol–water partition coefficient (Wildman–Crippen LogP) is 3.50. The minimum Gasteiger partial charge on any atom is -0.355 e. The zero-order valence-electron chi connectivity index (χ0n) is 14.3. The van der Waals surface area contributed by atoms with Gasteiger partial charge in [-0.05, 0) is 38.0 Å². The van der Waals surface area contributed by atoms with Gasteiger partial charge in [0.25, 0.3) is 5.56 Å². The molecule has 1 aromatic carbocycles. The number of hydrogen-bond acceptors (Lipinski definition) is 4. The number of nitrogens with zero attached hydrogens (tertiary/aromatic N) is 2. The Morgan fingerprint density at radius 1 is 1.33 bits per heavy atom. The van der Waals surface area contributed by atoms with Crippen LogP contribution in [0.15, 0.2) is 28.2 Å². The van der Waals surface area contributed by atoms with E-state index in [-0.39, 0.29) is 23.3 Å². The van der Waals surface area contributed by atoms with Gasteiger partial charge in [-0.25, -0.2) is 4.98 Å². The topological polar surface area (TPSA) is 64.0 Å². The molecule has 1 N–H and O–H groups in total. The molecule has 0 spiro atoms. The normalized spacial score (nSPS) is 11.5. The average molecular weight is 368 g/mol. The van der Waals surface area contributed by atoms with Crippen LogP contribution in [0.5, 0.6) is 0 Å². The second-order valence-electron chi connectivity index (χ2n) is 6.31. The maximum Gasteiger partial charge on any atom is 0.262 e. The first-order valence-electron chi connectivity index (χ1n) is 7.91. The minimum absolute atomic E-state index is 0.0497. The van der Waals surface area contributed by atoms with Crippen LogP contribution in [0.4, 0.5) is 0 Å². The van der Waals surface area contributed by atoms with Gasteiger partial charge in [0.05, 0.1) is 16.7 Å². The average Bonchev–Trinajstić information content (AvgIpc) is 2.50. The number of benzene rings is 1. The number of amides is 1. The van der Waals surface area contributed by atoms with Crippen molar-refractivity contribution in [3.63, 3.8) is 0 Å². The lowest BCUT2D eigenvalue weighted by molar-refractivity contribution is -0.118. The Hall–Kier alpha value is -1.53. The Kier molecular flexibility index (Phi) is 6.29. The molecule has 0 bridgehead atoms. The van der Waals surface area contributed by atoms with E-state index in [0.29, 0.717) is 33.5 Å². The van der Waals surface area contributed by atoms with E-state index in [4.69, 9.17) is 11.6 Å². The Morgan fingerprint density at radius 3 is 2.67 bits per heavy atom. The maximum absolute atomic E-state index is 12.7. The van der Waals surface area contributed by atoms with Crippen molar-refractivity contribution >= 4 is 40.2 Å². The Morgan fingerprint density at radius 2 is 2.04 bits per heavy atom. The molecule has 1 heterocycles. The minimum atomic E-state index is -0.114. The second-order valence-corrected chi connectivity index (χ2v) is 7.69. The molecule has 24 heavy (non-hydrogen) atoms. The molecule has 0 saturated heterocycles. The van der Waals surface area contributed by atoms with Crippen LogP contribution in [0, 0.1) is 5.92 Å². The van der Waals surface area contributed by atoms with Crippen LogP contribution in [0.1, 0.15) is 33.7 Å².